The maximum absolute atomic E-state index is 12.7. The molecule has 2 saturated carbocycles. The van der Waals surface area contributed by atoms with E-state index < -0.39 is 0 Å². The molecule has 0 spiro atoms. The number of nitrogens with zero attached hydrogens (tertiary/aromatic N) is 2. The fourth-order valence-corrected chi connectivity index (χ4v) is 3.79. The first-order chi connectivity index (χ1) is 10.7. The molecule has 1 amide bonds. The highest BCUT2D eigenvalue weighted by Crippen LogP contribution is 2.41. The third-order valence-corrected chi connectivity index (χ3v) is 5.22. The second kappa shape index (κ2) is 5.40. The summed E-state index contributed by atoms with van der Waals surface area (Å²) in [6, 6.07) is 9.41. The fraction of sp³-hybridized carbons (Fsp3) is 0.556. The summed E-state index contributed by atoms with van der Waals surface area (Å²) in [5.74, 6) is 1.35. The number of hydrogen-bond acceptors (Lipinski definition) is 3. The molecule has 2 bridgehead atoms. The standard InChI is InChI=1S/C18H20N2O2/c19-9-13-2-1-3-14(6-13)18(21)20-10-15-7-16(20)8-17(15)22-11-12-4-5-12/h1-3,6,12,15-17H,4-5,7-8,10-11H2/t15-,16+,17+/m1/s1. The van der Waals surface area contributed by atoms with E-state index in [0.29, 0.717) is 29.2 Å². The molecule has 1 aromatic rings. The number of ether oxygens (including phenoxy) is 1. The maximum atomic E-state index is 12.7. The number of nitriles is 1. The molecular formula is C18H20N2O2. The van der Waals surface area contributed by atoms with E-state index in [-0.39, 0.29) is 5.91 Å². The molecule has 2 aliphatic carbocycles. The smallest absolute Gasteiger partial charge is 0.254 e. The number of carbonyl (C=O) groups is 1. The first kappa shape index (κ1) is 13.8. The number of piperidine rings is 1. The zero-order valence-electron chi connectivity index (χ0n) is 12.6. The number of benzene rings is 1. The number of hydrogen-bond donors (Lipinski definition) is 0. The van der Waals surface area contributed by atoms with Crippen LogP contribution in [0.1, 0.15) is 41.6 Å². The van der Waals surface area contributed by atoms with Gasteiger partial charge in [0.25, 0.3) is 5.91 Å². The van der Waals surface area contributed by atoms with Crippen LogP contribution in [0.15, 0.2) is 24.3 Å². The lowest BCUT2D eigenvalue weighted by Gasteiger charge is -2.31. The molecule has 1 saturated heterocycles. The second-order valence-electron chi connectivity index (χ2n) is 6.85. The van der Waals surface area contributed by atoms with Gasteiger partial charge in [0.05, 0.1) is 17.7 Å². The van der Waals surface area contributed by atoms with Gasteiger partial charge in [0.2, 0.25) is 0 Å². The molecule has 114 valence electrons. The first-order valence-corrected chi connectivity index (χ1v) is 8.17. The zero-order valence-corrected chi connectivity index (χ0v) is 12.6. The van der Waals surface area contributed by atoms with E-state index in [1.165, 1.54) is 12.8 Å². The van der Waals surface area contributed by atoms with Crippen molar-refractivity contribution < 1.29 is 9.53 Å². The number of likely N-dealkylation sites (tertiary alicyclic amines) is 1. The van der Waals surface area contributed by atoms with Crippen LogP contribution in [0.2, 0.25) is 0 Å². The van der Waals surface area contributed by atoms with Gasteiger partial charge in [-0.05, 0) is 49.8 Å². The molecule has 4 heteroatoms. The molecular weight excluding hydrogens is 276 g/mol. The predicted octanol–water partition coefficient (Wildman–Crippen LogP) is 2.59. The minimum absolute atomic E-state index is 0.0604. The Morgan fingerprint density at radius 1 is 1.36 bits per heavy atom. The minimum Gasteiger partial charge on any atom is -0.377 e. The van der Waals surface area contributed by atoms with Crippen LogP contribution in [0.25, 0.3) is 0 Å². The van der Waals surface area contributed by atoms with Gasteiger partial charge in [-0.2, -0.15) is 5.26 Å². The van der Waals surface area contributed by atoms with Crippen molar-refractivity contribution in [3.8, 4) is 6.07 Å². The van der Waals surface area contributed by atoms with Crippen molar-refractivity contribution in [1.29, 1.82) is 5.26 Å². The van der Waals surface area contributed by atoms with Crippen LogP contribution in [0.5, 0.6) is 0 Å². The van der Waals surface area contributed by atoms with Crippen LogP contribution in [-0.4, -0.2) is 36.1 Å². The summed E-state index contributed by atoms with van der Waals surface area (Å²) in [4.78, 5) is 14.6. The van der Waals surface area contributed by atoms with Gasteiger partial charge in [-0.15, -0.1) is 0 Å². The van der Waals surface area contributed by atoms with E-state index in [1.807, 2.05) is 4.90 Å². The van der Waals surface area contributed by atoms with E-state index in [2.05, 4.69) is 6.07 Å². The predicted molar refractivity (Wildman–Crippen MR) is 81.2 cm³/mol. The average molecular weight is 296 g/mol. The van der Waals surface area contributed by atoms with Gasteiger partial charge in [-0.1, -0.05) is 6.07 Å². The highest BCUT2D eigenvalue weighted by atomic mass is 16.5. The third kappa shape index (κ3) is 2.50. The van der Waals surface area contributed by atoms with Gasteiger partial charge in [0.15, 0.2) is 0 Å². The second-order valence-corrected chi connectivity index (χ2v) is 6.85. The summed E-state index contributed by atoms with van der Waals surface area (Å²) >= 11 is 0. The van der Waals surface area contributed by atoms with Gasteiger partial charge in [0.1, 0.15) is 0 Å². The average Bonchev–Trinajstić information content (AvgIpc) is 3.19. The number of rotatable bonds is 4. The minimum atomic E-state index is 0.0604. The molecule has 4 nitrogen and oxygen atoms in total. The van der Waals surface area contributed by atoms with Crippen LogP contribution >= 0.6 is 0 Å². The molecule has 1 heterocycles. The van der Waals surface area contributed by atoms with E-state index >= 15 is 0 Å². The lowest BCUT2D eigenvalue weighted by molar-refractivity contribution is -0.00315. The van der Waals surface area contributed by atoms with Crippen molar-refractivity contribution in [2.45, 2.75) is 37.8 Å². The number of carbonyl (C=O) groups excluding carboxylic acids is 1. The number of fused-ring (bicyclic) bond motifs is 2. The molecule has 3 aliphatic rings. The Labute approximate surface area is 130 Å². The molecule has 0 N–H and O–H groups in total. The Balaban J connectivity index is 1.40. The molecule has 3 fully saturated rings. The Morgan fingerprint density at radius 2 is 2.23 bits per heavy atom. The van der Waals surface area contributed by atoms with Crippen LogP contribution in [-0.2, 0) is 4.74 Å². The summed E-state index contributed by atoms with van der Waals surface area (Å²) in [5, 5.41) is 8.97. The van der Waals surface area contributed by atoms with Crippen LogP contribution in [0.3, 0.4) is 0 Å². The van der Waals surface area contributed by atoms with Crippen molar-refractivity contribution in [3.63, 3.8) is 0 Å². The quantitative estimate of drug-likeness (QED) is 0.858. The van der Waals surface area contributed by atoms with Crippen molar-refractivity contribution >= 4 is 5.91 Å². The molecule has 4 rings (SSSR count). The monoisotopic (exact) mass is 296 g/mol. The highest BCUT2D eigenvalue weighted by molar-refractivity contribution is 5.95. The Kier molecular flexibility index (Phi) is 3.38. The fourth-order valence-electron chi connectivity index (χ4n) is 3.79. The summed E-state index contributed by atoms with van der Waals surface area (Å²) in [5.41, 5.74) is 1.17. The van der Waals surface area contributed by atoms with E-state index in [4.69, 9.17) is 10.00 Å². The van der Waals surface area contributed by atoms with Gasteiger partial charge in [-0.25, -0.2) is 0 Å². The van der Waals surface area contributed by atoms with E-state index in [9.17, 15) is 4.79 Å². The van der Waals surface area contributed by atoms with Gasteiger partial charge < -0.3 is 9.64 Å². The van der Waals surface area contributed by atoms with E-state index in [1.54, 1.807) is 24.3 Å². The summed E-state index contributed by atoms with van der Waals surface area (Å²) in [7, 11) is 0. The number of amides is 1. The van der Waals surface area contributed by atoms with Crippen molar-refractivity contribution in [2.75, 3.05) is 13.2 Å². The van der Waals surface area contributed by atoms with Crippen LogP contribution in [0.4, 0.5) is 0 Å². The topological polar surface area (TPSA) is 53.3 Å². The van der Waals surface area contributed by atoms with Crippen molar-refractivity contribution in [3.05, 3.63) is 35.4 Å². The Bertz CT molecular complexity index is 632. The molecule has 1 aromatic carbocycles. The lowest BCUT2D eigenvalue weighted by Crippen LogP contribution is -2.42. The Morgan fingerprint density at radius 3 is 2.91 bits per heavy atom. The van der Waals surface area contributed by atoms with Crippen LogP contribution in [0, 0.1) is 23.2 Å². The summed E-state index contributed by atoms with van der Waals surface area (Å²) in [6.07, 6.45) is 5.03. The van der Waals surface area contributed by atoms with Gasteiger partial charge >= 0.3 is 0 Å². The summed E-state index contributed by atoms with van der Waals surface area (Å²) < 4.78 is 6.05. The normalized spacial score (nSPS) is 29.6. The maximum Gasteiger partial charge on any atom is 0.254 e. The largest absolute Gasteiger partial charge is 0.377 e. The molecule has 22 heavy (non-hydrogen) atoms. The zero-order chi connectivity index (χ0) is 15.1. The molecule has 0 radical (unpaired) electrons. The Hall–Kier alpha value is -1.86. The third-order valence-electron chi connectivity index (χ3n) is 5.22. The van der Waals surface area contributed by atoms with Crippen LogP contribution < -0.4 is 0 Å². The first-order valence-electron chi connectivity index (χ1n) is 8.17. The molecule has 1 aliphatic heterocycles. The molecule has 0 aromatic heterocycles. The molecule has 0 unspecified atom stereocenters. The molecule has 3 atom stereocenters. The lowest BCUT2D eigenvalue weighted by atomic mass is 10.0. The van der Waals surface area contributed by atoms with Crippen molar-refractivity contribution in [2.24, 2.45) is 11.8 Å². The van der Waals surface area contributed by atoms with Gasteiger partial charge in [-0.3, -0.25) is 4.79 Å². The SMILES string of the molecule is N#Cc1cccc(C(=O)N2C[C@H]3C[C@H]2C[C@@H]3OCC2CC2)c1. The van der Waals surface area contributed by atoms with E-state index in [0.717, 1.165) is 31.9 Å². The van der Waals surface area contributed by atoms with Gasteiger partial charge in [0, 0.05) is 30.7 Å². The van der Waals surface area contributed by atoms with Crippen molar-refractivity contribution in [1.82, 2.24) is 4.90 Å². The highest BCUT2D eigenvalue weighted by Gasteiger charge is 2.47. The summed E-state index contributed by atoms with van der Waals surface area (Å²) in [6.45, 7) is 1.71.